The Kier molecular flexibility index (Phi) is 2.35. The minimum atomic E-state index is 0.175. The van der Waals surface area contributed by atoms with Crippen LogP contribution in [0.3, 0.4) is 0 Å². The predicted octanol–water partition coefficient (Wildman–Crippen LogP) is 2.49. The van der Waals surface area contributed by atoms with Crippen LogP contribution >= 0.6 is 0 Å². The van der Waals surface area contributed by atoms with Crippen molar-refractivity contribution >= 4 is 5.91 Å². The van der Waals surface area contributed by atoms with Gasteiger partial charge in [0.05, 0.1) is 6.04 Å². The Balaban J connectivity index is 2.27. The van der Waals surface area contributed by atoms with Crippen molar-refractivity contribution in [3.8, 4) is 0 Å². The van der Waals surface area contributed by atoms with Crippen molar-refractivity contribution in [3.05, 3.63) is 48.7 Å². The molecule has 0 radical (unpaired) electrons. The number of nitrogens with zero attached hydrogens (tertiary/aromatic N) is 1. The number of hydrogen-bond acceptors (Lipinski definition) is 1. The molecule has 1 saturated heterocycles. The van der Waals surface area contributed by atoms with Crippen LogP contribution in [0.5, 0.6) is 0 Å². The third-order valence-corrected chi connectivity index (χ3v) is 2.64. The maximum absolute atomic E-state index is 11.4. The smallest absolute Gasteiger partial charge is 0.227 e. The molecule has 1 unspecified atom stereocenters. The number of likely N-dealkylation sites (tertiary alicyclic amines) is 1. The average Bonchev–Trinajstić information content (AvgIpc) is 2.61. The first-order valence-corrected chi connectivity index (χ1v) is 4.81. The molecule has 2 heteroatoms. The molecule has 0 saturated carbocycles. The molecule has 72 valence electrons. The zero-order valence-electron chi connectivity index (χ0n) is 8.02. The fourth-order valence-electron chi connectivity index (χ4n) is 1.93. The lowest BCUT2D eigenvalue weighted by Crippen LogP contribution is -2.20. The van der Waals surface area contributed by atoms with Crippen LogP contribution in [0.15, 0.2) is 43.1 Å². The minimum Gasteiger partial charge on any atom is -0.312 e. The topological polar surface area (TPSA) is 20.3 Å². The Bertz CT molecular complexity index is 345. The second kappa shape index (κ2) is 3.66. The fraction of sp³-hybridized carbons (Fsp3) is 0.250. The molecular formula is C12H13NO. The quantitative estimate of drug-likeness (QED) is 0.696. The molecule has 1 aromatic carbocycles. The molecule has 1 atom stereocenters. The highest BCUT2D eigenvalue weighted by Crippen LogP contribution is 2.32. The Morgan fingerprint density at radius 2 is 2.07 bits per heavy atom. The van der Waals surface area contributed by atoms with Crippen LogP contribution < -0.4 is 0 Å². The van der Waals surface area contributed by atoms with Crippen LogP contribution in [0, 0.1) is 0 Å². The summed E-state index contributed by atoms with van der Waals surface area (Å²) < 4.78 is 0. The van der Waals surface area contributed by atoms with Crippen molar-refractivity contribution in [3.63, 3.8) is 0 Å². The van der Waals surface area contributed by atoms with Gasteiger partial charge < -0.3 is 4.90 Å². The van der Waals surface area contributed by atoms with Crippen molar-refractivity contribution in [1.29, 1.82) is 0 Å². The van der Waals surface area contributed by atoms with Crippen molar-refractivity contribution in [2.24, 2.45) is 0 Å². The van der Waals surface area contributed by atoms with E-state index in [2.05, 4.69) is 18.7 Å². The number of benzene rings is 1. The minimum absolute atomic E-state index is 0.175. The Labute approximate surface area is 83.8 Å². The Hall–Kier alpha value is -1.57. The molecule has 1 fully saturated rings. The molecule has 0 aromatic heterocycles. The summed E-state index contributed by atoms with van der Waals surface area (Å²) in [5.74, 6) is 0.175. The van der Waals surface area contributed by atoms with Gasteiger partial charge in [0.15, 0.2) is 0 Å². The third kappa shape index (κ3) is 1.43. The van der Waals surface area contributed by atoms with Gasteiger partial charge in [-0.25, -0.2) is 0 Å². The van der Waals surface area contributed by atoms with E-state index in [4.69, 9.17) is 0 Å². The summed E-state index contributed by atoms with van der Waals surface area (Å²) in [5.41, 5.74) is 1.19. The van der Waals surface area contributed by atoms with Crippen molar-refractivity contribution in [2.75, 3.05) is 0 Å². The van der Waals surface area contributed by atoms with Crippen LogP contribution in [-0.4, -0.2) is 10.8 Å². The first-order chi connectivity index (χ1) is 6.83. The number of carbonyl (C=O) groups excluding carboxylic acids is 1. The second-order valence-electron chi connectivity index (χ2n) is 3.45. The highest BCUT2D eigenvalue weighted by molar-refractivity contribution is 5.80. The van der Waals surface area contributed by atoms with E-state index < -0.39 is 0 Å². The van der Waals surface area contributed by atoms with Crippen LogP contribution in [0.2, 0.25) is 0 Å². The van der Waals surface area contributed by atoms with Gasteiger partial charge in [-0.1, -0.05) is 36.9 Å². The summed E-state index contributed by atoms with van der Waals surface area (Å²) in [6, 6.07) is 10.3. The molecule has 2 nitrogen and oxygen atoms in total. The lowest BCUT2D eigenvalue weighted by molar-refractivity contribution is -0.126. The van der Waals surface area contributed by atoms with Gasteiger partial charge in [-0.05, 0) is 12.0 Å². The van der Waals surface area contributed by atoms with Crippen molar-refractivity contribution in [2.45, 2.75) is 18.9 Å². The highest BCUT2D eigenvalue weighted by atomic mass is 16.2. The number of amides is 1. The lowest BCUT2D eigenvalue weighted by Gasteiger charge is -2.20. The first kappa shape index (κ1) is 9.00. The maximum Gasteiger partial charge on any atom is 0.227 e. The fourth-order valence-corrected chi connectivity index (χ4v) is 1.93. The largest absolute Gasteiger partial charge is 0.312 e. The van der Waals surface area contributed by atoms with Crippen LogP contribution in [0.1, 0.15) is 24.4 Å². The van der Waals surface area contributed by atoms with Crippen LogP contribution in [0.4, 0.5) is 0 Å². The SMILES string of the molecule is C=CN1C(=O)CCC1c1ccccc1. The third-order valence-electron chi connectivity index (χ3n) is 2.64. The molecule has 14 heavy (non-hydrogen) atoms. The maximum atomic E-state index is 11.4. The molecule has 1 aliphatic heterocycles. The van der Waals surface area contributed by atoms with E-state index in [0.29, 0.717) is 6.42 Å². The van der Waals surface area contributed by atoms with Crippen molar-refractivity contribution in [1.82, 2.24) is 4.90 Å². The van der Waals surface area contributed by atoms with Crippen LogP contribution in [-0.2, 0) is 4.79 Å². The summed E-state index contributed by atoms with van der Waals surface area (Å²) in [5, 5.41) is 0. The second-order valence-corrected chi connectivity index (χ2v) is 3.45. The molecule has 2 rings (SSSR count). The molecule has 1 aliphatic rings. The van der Waals surface area contributed by atoms with Gasteiger partial charge in [0.1, 0.15) is 0 Å². The molecule has 1 amide bonds. The van der Waals surface area contributed by atoms with E-state index in [9.17, 15) is 4.79 Å². The van der Waals surface area contributed by atoms with Gasteiger partial charge in [0.25, 0.3) is 0 Å². The zero-order valence-corrected chi connectivity index (χ0v) is 8.02. The molecule has 0 aliphatic carbocycles. The Morgan fingerprint density at radius 1 is 1.36 bits per heavy atom. The first-order valence-electron chi connectivity index (χ1n) is 4.81. The molecule has 0 N–H and O–H groups in total. The lowest BCUT2D eigenvalue weighted by atomic mass is 10.1. The zero-order chi connectivity index (χ0) is 9.97. The standard InChI is InChI=1S/C12H13NO/c1-2-13-11(8-9-12(13)14)10-6-4-3-5-7-10/h2-7,11H,1,8-9H2. The summed E-state index contributed by atoms with van der Waals surface area (Å²) >= 11 is 0. The van der Waals surface area contributed by atoms with Gasteiger partial charge >= 0.3 is 0 Å². The molecule has 1 heterocycles. The molecule has 0 bridgehead atoms. The number of carbonyl (C=O) groups is 1. The highest BCUT2D eigenvalue weighted by Gasteiger charge is 2.29. The molecule has 1 aromatic rings. The van der Waals surface area contributed by atoms with E-state index in [1.54, 1.807) is 11.1 Å². The van der Waals surface area contributed by atoms with E-state index in [0.717, 1.165) is 6.42 Å². The van der Waals surface area contributed by atoms with E-state index in [1.807, 2.05) is 18.2 Å². The predicted molar refractivity (Wildman–Crippen MR) is 55.5 cm³/mol. The monoisotopic (exact) mass is 187 g/mol. The van der Waals surface area contributed by atoms with Gasteiger partial charge in [-0.2, -0.15) is 0 Å². The summed E-state index contributed by atoms with van der Waals surface area (Å²) in [6.45, 7) is 3.67. The van der Waals surface area contributed by atoms with Gasteiger partial charge in [-0.15, -0.1) is 0 Å². The van der Waals surface area contributed by atoms with E-state index in [1.165, 1.54) is 5.56 Å². The Morgan fingerprint density at radius 3 is 2.71 bits per heavy atom. The van der Waals surface area contributed by atoms with E-state index >= 15 is 0 Å². The van der Waals surface area contributed by atoms with Gasteiger partial charge in [0, 0.05) is 12.6 Å². The summed E-state index contributed by atoms with van der Waals surface area (Å²) in [6.07, 6.45) is 3.16. The normalized spacial score (nSPS) is 21.3. The average molecular weight is 187 g/mol. The van der Waals surface area contributed by atoms with Gasteiger partial charge in [0.2, 0.25) is 5.91 Å². The van der Waals surface area contributed by atoms with Gasteiger partial charge in [-0.3, -0.25) is 4.79 Å². The number of rotatable bonds is 2. The number of hydrogen-bond donors (Lipinski definition) is 0. The molecular weight excluding hydrogens is 174 g/mol. The van der Waals surface area contributed by atoms with Crippen molar-refractivity contribution < 1.29 is 4.79 Å². The summed E-state index contributed by atoms with van der Waals surface area (Å²) in [7, 11) is 0. The molecule has 0 spiro atoms. The summed E-state index contributed by atoms with van der Waals surface area (Å²) in [4.78, 5) is 13.2. The van der Waals surface area contributed by atoms with Crippen LogP contribution in [0.25, 0.3) is 0 Å². The van der Waals surface area contributed by atoms with E-state index in [-0.39, 0.29) is 11.9 Å².